The van der Waals surface area contributed by atoms with Gasteiger partial charge in [0.2, 0.25) is 10.0 Å². The SMILES string of the molecule is Cc1ccc(S(=O)(=O)N2[C@@H](CCCC=O)[C@@H](OCc3ccccc3)[C@@H]2COCc2ccccc2)cc1. The lowest BCUT2D eigenvalue weighted by Gasteiger charge is -2.53. The molecule has 1 saturated heterocycles. The van der Waals surface area contributed by atoms with Crippen molar-refractivity contribution in [2.75, 3.05) is 6.61 Å². The Labute approximate surface area is 213 Å². The van der Waals surface area contributed by atoms with E-state index in [9.17, 15) is 13.2 Å². The third-order valence-corrected chi connectivity index (χ3v) is 8.48. The van der Waals surface area contributed by atoms with Crippen LogP contribution in [0.15, 0.2) is 89.8 Å². The number of aryl methyl sites for hydroxylation is 1. The van der Waals surface area contributed by atoms with E-state index in [2.05, 4.69) is 0 Å². The molecule has 0 saturated carbocycles. The first-order valence-electron chi connectivity index (χ1n) is 12.3. The zero-order valence-corrected chi connectivity index (χ0v) is 21.3. The number of carbonyl (C=O) groups excluding carboxylic acids is 1. The number of unbranched alkanes of at least 4 members (excludes halogenated alkanes) is 1. The van der Waals surface area contributed by atoms with E-state index in [0.29, 0.717) is 32.5 Å². The van der Waals surface area contributed by atoms with Crippen molar-refractivity contribution in [1.82, 2.24) is 4.31 Å². The summed E-state index contributed by atoms with van der Waals surface area (Å²) in [5.41, 5.74) is 3.04. The minimum atomic E-state index is -3.78. The molecule has 3 aromatic rings. The number of benzene rings is 3. The number of ether oxygens (including phenoxy) is 2. The molecule has 1 heterocycles. The average molecular weight is 508 g/mol. The molecule has 0 radical (unpaired) electrons. The van der Waals surface area contributed by atoms with Crippen LogP contribution in [0.3, 0.4) is 0 Å². The second-order valence-electron chi connectivity index (χ2n) is 9.14. The fraction of sp³-hybridized carbons (Fsp3) is 0.345. The van der Waals surface area contributed by atoms with Gasteiger partial charge in [-0.05, 0) is 43.0 Å². The zero-order chi connectivity index (χ0) is 25.4. The molecule has 1 aliphatic heterocycles. The van der Waals surface area contributed by atoms with Crippen LogP contribution in [0.5, 0.6) is 0 Å². The molecule has 0 unspecified atom stereocenters. The number of sulfonamides is 1. The Balaban J connectivity index is 1.57. The third kappa shape index (κ3) is 6.28. The first-order valence-corrected chi connectivity index (χ1v) is 13.8. The van der Waals surface area contributed by atoms with Crippen LogP contribution < -0.4 is 0 Å². The molecule has 0 amide bonds. The molecule has 4 rings (SSSR count). The smallest absolute Gasteiger partial charge is 0.243 e. The van der Waals surface area contributed by atoms with Crippen LogP contribution in [-0.4, -0.2) is 43.8 Å². The number of rotatable bonds is 13. The zero-order valence-electron chi connectivity index (χ0n) is 20.5. The predicted octanol–water partition coefficient (Wildman–Crippen LogP) is 4.91. The molecule has 0 bridgehead atoms. The number of aldehydes is 1. The highest BCUT2D eigenvalue weighted by molar-refractivity contribution is 7.89. The summed E-state index contributed by atoms with van der Waals surface area (Å²) >= 11 is 0. The number of hydrogen-bond acceptors (Lipinski definition) is 5. The summed E-state index contributed by atoms with van der Waals surface area (Å²) in [7, 11) is -3.78. The highest BCUT2D eigenvalue weighted by Crippen LogP contribution is 2.38. The van der Waals surface area contributed by atoms with Gasteiger partial charge in [0.1, 0.15) is 6.29 Å². The third-order valence-electron chi connectivity index (χ3n) is 6.52. The Morgan fingerprint density at radius 2 is 1.44 bits per heavy atom. The molecule has 7 heteroatoms. The molecule has 0 aromatic heterocycles. The maximum absolute atomic E-state index is 13.8. The second-order valence-corrected chi connectivity index (χ2v) is 11.0. The van der Waals surface area contributed by atoms with Gasteiger partial charge in [0.05, 0.1) is 42.9 Å². The van der Waals surface area contributed by atoms with Crippen LogP contribution in [0.4, 0.5) is 0 Å². The Kier molecular flexibility index (Phi) is 9.04. The number of carbonyl (C=O) groups is 1. The monoisotopic (exact) mass is 507 g/mol. The Morgan fingerprint density at radius 3 is 2.06 bits per heavy atom. The van der Waals surface area contributed by atoms with Crippen molar-refractivity contribution < 1.29 is 22.7 Å². The lowest BCUT2D eigenvalue weighted by molar-refractivity contribution is -0.141. The van der Waals surface area contributed by atoms with Crippen molar-refractivity contribution in [2.45, 2.75) is 62.5 Å². The van der Waals surface area contributed by atoms with E-state index in [0.717, 1.165) is 23.0 Å². The van der Waals surface area contributed by atoms with Crippen molar-refractivity contribution in [2.24, 2.45) is 0 Å². The highest BCUT2D eigenvalue weighted by atomic mass is 32.2. The van der Waals surface area contributed by atoms with Gasteiger partial charge in [-0.2, -0.15) is 4.31 Å². The van der Waals surface area contributed by atoms with Gasteiger partial charge in [-0.25, -0.2) is 8.42 Å². The normalized spacial score (nSPS) is 20.1. The Bertz CT molecular complexity index is 1200. The average Bonchev–Trinajstić information content (AvgIpc) is 2.88. The van der Waals surface area contributed by atoms with Crippen molar-refractivity contribution in [1.29, 1.82) is 0 Å². The molecule has 190 valence electrons. The van der Waals surface area contributed by atoms with Crippen molar-refractivity contribution in [3.63, 3.8) is 0 Å². The first-order chi connectivity index (χ1) is 17.5. The molecule has 1 fully saturated rings. The van der Waals surface area contributed by atoms with Crippen LogP contribution >= 0.6 is 0 Å². The molecular formula is C29H33NO5S. The summed E-state index contributed by atoms with van der Waals surface area (Å²) < 4.78 is 41.4. The highest BCUT2D eigenvalue weighted by Gasteiger charge is 2.55. The molecule has 1 aliphatic rings. The van der Waals surface area contributed by atoms with E-state index in [-0.39, 0.29) is 23.6 Å². The van der Waals surface area contributed by atoms with E-state index in [4.69, 9.17) is 9.47 Å². The largest absolute Gasteiger partial charge is 0.375 e. The van der Waals surface area contributed by atoms with Crippen LogP contribution in [0, 0.1) is 6.92 Å². The fourth-order valence-corrected chi connectivity index (χ4v) is 6.45. The van der Waals surface area contributed by atoms with E-state index in [1.54, 1.807) is 28.6 Å². The van der Waals surface area contributed by atoms with Crippen LogP contribution in [0.2, 0.25) is 0 Å². The van der Waals surface area contributed by atoms with E-state index in [1.165, 1.54) is 0 Å². The van der Waals surface area contributed by atoms with Gasteiger partial charge in [-0.3, -0.25) is 0 Å². The molecule has 36 heavy (non-hydrogen) atoms. The minimum Gasteiger partial charge on any atom is -0.375 e. The lowest BCUT2D eigenvalue weighted by Crippen LogP contribution is -2.71. The topological polar surface area (TPSA) is 72.9 Å². The molecule has 0 spiro atoms. The van der Waals surface area contributed by atoms with Gasteiger partial charge in [-0.15, -0.1) is 0 Å². The lowest BCUT2D eigenvalue weighted by atomic mass is 9.89. The van der Waals surface area contributed by atoms with Crippen LogP contribution in [0.1, 0.15) is 36.0 Å². The van der Waals surface area contributed by atoms with Crippen molar-refractivity contribution in [3.05, 3.63) is 102 Å². The maximum atomic E-state index is 13.8. The Hall–Kier alpha value is -2.84. The van der Waals surface area contributed by atoms with Gasteiger partial charge >= 0.3 is 0 Å². The fourth-order valence-electron chi connectivity index (χ4n) is 4.61. The quantitative estimate of drug-likeness (QED) is 0.243. The molecule has 0 aliphatic carbocycles. The van der Waals surface area contributed by atoms with E-state index >= 15 is 0 Å². The Morgan fingerprint density at radius 1 is 0.833 bits per heavy atom. The second kappa shape index (κ2) is 12.4. The summed E-state index contributed by atoms with van der Waals surface area (Å²) in [4.78, 5) is 11.2. The molecular weight excluding hydrogens is 474 g/mol. The van der Waals surface area contributed by atoms with Gasteiger partial charge in [-0.1, -0.05) is 78.4 Å². The summed E-state index contributed by atoms with van der Waals surface area (Å²) in [5, 5.41) is 0. The summed E-state index contributed by atoms with van der Waals surface area (Å²) in [6, 6.07) is 25.7. The maximum Gasteiger partial charge on any atom is 0.243 e. The molecule has 3 aromatic carbocycles. The standard InChI is InChI=1S/C29H33NO5S/c1-23-15-17-26(18-16-23)36(32,33)30-27(14-8-9-19-31)29(35-21-25-12-6-3-7-13-25)28(30)22-34-20-24-10-4-2-5-11-24/h2-7,10-13,15-19,27-29H,8-9,14,20-22H2,1H3/t27-,28-,29+/m0/s1. The van der Waals surface area contributed by atoms with Gasteiger partial charge in [0.25, 0.3) is 0 Å². The van der Waals surface area contributed by atoms with Crippen LogP contribution in [0.25, 0.3) is 0 Å². The number of nitrogens with zero attached hydrogens (tertiary/aromatic N) is 1. The minimum absolute atomic E-state index is 0.212. The summed E-state index contributed by atoms with van der Waals surface area (Å²) in [6.45, 7) is 2.90. The van der Waals surface area contributed by atoms with Crippen LogP contribution in [-0.2, 0) is 37.5 Å². The van der Waals surface area contributed by atoms with Gasteiger partial charge in [0, 0.05) is 6.42 Å². The molecule has 0 N–H and O–H groups in total. The summed E-state index contributed by atoms with van der Waals surface area (Å²) in [6.07, 6.45) is 2.05. The van der Waals surface area contributed by atoms with Crippen molar-refractivity contribution >= 4 is 16.3 Å². The van der Waals surface area contributed by atoms with Crippen molar-refractivity contribution in [3.8, 4) is 0 Å². The van der Waals surface area contributed by atoms with E-state index < -0.39 is 16.1 Å². The first kappa shape index (κ1) is 26.2. The van der Waals surface area contributed by atoms with E-state index in [1.807, 2.05) is 67.6 Å². The molecule has 3 atom stereocenters. The van der Waals surface area contributed by atoms with Gasteiger partial charge in [0.15, 0.2) is 0 Å². The summed E-state index contributed by atoms with van der Waals surface area (Å²) in [5.74, 6) is 0. The van der Waals surface area contributed by atoms with Gasteiger partial charge < -0.3 is 14.3 Å². The molecule has 6 nitrogen and oxygen atoms in total. The predicted molar refractivity (Wildman–Crippen MR) is 139 cm³/mol. The number of hydrogen-bond donors (Lipinski definition) is 0.